The largest absolute Gasteiger partial charge is 0.545 e. The second-order valence-electron chi connectivity index (χ2n) is 26.6. The number of carbonyl (C=O) groups is 3. The van der Waals surface area contributed by atoms with Crippen LogP contribution in [0.1, 0.15) is 361 Å². The zero-order valence-corrected chi connectivity index (χ0v) is 58.2. The number of ether oxygens (including phenoxy) is 4. The van der Waals surface area contributed by atoms with Crippen LogP contribution in [0.15, 0.2) is 60.8 Å². The lowest BCUT2D eigenvalue weighted by molar-refractivity contribution is -0.870. The lowest BCUT2D eigenvalue weighted by atomic mass is 10.0. The van der Waals surface area contributed by atoms with Gasteiger partial charge in [0, 0.05) is 12.8 Å². The quantitative estimate of drug-likeness (QED) is 0.0195. The number of likely N-dealkylation sites (N-methyl/N-ethyl adjacent to an activating group) is 1. The number of carboxylic acid groups (broad SMARTS) is 1. The SMILES string of the molecule is CC/C=C\C/C=C\C/C=C\C/C=C\C/C=C\CCCCCCCCCCCCCCCCCCCCCCCCCCCC(=O)OC(COC(=O)CCCCCCCCCCCCCCCCCCCCCCC)COC(OCC[N+](C)(C)C)C(=O)[O-]. The highest BCUT2D eigenvalue weighted by atomic mass is 16.7. The minimum Gasteiger partial charge on any atom is -0.545 e. The van der Waals surface area contributed by atoms with Crippen molar-refractivity contribution in [3.05, 3.63) is 60.8 Å². The maximum Gasteiger partial charge on any atom is 0.306 e. The molecule has 0 aromatic carbocycles. The predicted octanol–water partition coefficient (Wildman–Crippen LogP) is 22.1. The first-order chi connectivity index (χ1) is 42.6. The standard InChI is InChI=1S/C78H143NO8/c1-6-8-10-12-14-16-18-20-22-24-26-28-29-30-31-32-33-34-35-36-37-38-39-40-41-42-43-44-45-46-47-49-51-53-55-57-59-61-63-65-67-69-76(81)87-74(73-86-78(77(82)83)84-71-70-79(3,4)5)72-85-75(80)68-66-64-62-60-58-56-54-52-50-48-27-25-23-21-19-17-15-13-11-9-7-2/h8,10,14,16,20,22,26,28,30-31,74,78H,6-7,9,11-13,15,17-19,21,23-25,27,29,32-73H2,1-5H3/b10-8-,16-14-,22-20-,28-26-,31-30-. The summed E-state index contributed by atoms with van der Waals surface area (Å²) in [6.07, 6.45) is 87.6. The molecule has 508 valence electrons. The third kappa shape index (κ3) is 70.3. The van der Waals surface area contributed by atoms with Gasteiger partial charge in [-0.05, 0) is 57.8 Å². The fourth-order valence-electron chi connectivity index (χ4n) is 11.1. The number of rotatable bonds is 70. The van der Waals surface area contributed by atoms with Crippen molar-refractivity contribution in [2.24, 2.45) is 0 Å². The Hall–Kier alpha value is -3.01. The zero-order valence-electron chi connectivity index (χ0n) is 58.2. The summed E-state index contributed by atoms with van der Waals surface area (Å²) in [5.41, 5.74) is 0. The molecule has 0 aromatic heterocycles. The van der Waals surface area contributed by atoms with Crippen LogP contribution in [-0.2, 0) is 33.3 Å². The van der Waals surface area contributed by atoms with Crippen molar-refractivity contribution in [3.63, 3.8) is 0 Å². The minimum absolute atomic E-state index is 0.151. The number of hydrogen-bond acceptors (Lipinski definition) is 8. The minimum atomic E-state index is -1.62. The summed E-state index contributed by atoms with van der Waals surface area (Å²) in [6, 6.07) is 0. The average molecular weight is 1220 g/mol. The third-order valence-electron chi connectivity index (χ3n) is 16.8. The third-order valence-corrected chi connectivity index (χ3v) is 16.8. The zero-order chi connectivity index (χ0) is 63.3. The van der Waals surface area contributed by atoms with Crippen molar-refractivity contribution in [2.45, 2.75) is 373 Å². The van der Waals surface area contributed by atoms with Gasteiger partial charge in [0.25, 0.3) is 0 Å². The lowest BCUT2D eigenvalue weighted by Gasteiger charge is -2.26. The second kappa shape index (κ2) is 68.9. The molecule has 0 rings (SSSR count). The molecule has 0 radical (unpaired) electrons. The van der Waals surface area contributed by atoms with Gasteiger partial charge in [-0.25, -0.2) is 0 Å². The van der Waals surface area contributed by atoms with E-state index in [0.717, 1.165) is 70.6 Å². The lowest BCUT2D eigenvalue weighted by Crippen LogP contribution is -2.44. The molecule has 9 nitrogen and oxygen atoms in total. The number of unbranched alkanes of at least 4 members (excludes halogenated alkanes) is 45. The van der Waals surface area contributed by atoms with Gasteiger partial charge in [-0.2, -0.15) is 0 Å². The number of aliphatic carboxylic acids is 1. The molecule has 87 heavy (non-hydrogen) atoms. The summed E-state index contributed by atoms with van der Waals surface area (Å²) < 4.78 is 22.8. The van der Waals surface area contributed by atoms with E-state index in [1.807, 2.05) is 21.1 Å². The van der Waals surface area contributed by atoms with Crippen molar-refractivity contribution >= 4 is 17.9 Å². The van der Waals surface area contributed by atoms with Gasteiger partial charge in [-0.1, -0.05) is 351 Å². The van der Waals surface area contributed by atoms with Gasteiger partial charge in [-0.15, -0.1) is 0 Å². The van der Waals surface area contributed by atoms with E-state index in [9.17, 15) is 19.5 Å². The molecule has 2 atom stereocenters. The van der Waals surface area contributed by atoms with Crippen LogP contribution >= 0.6 is 0 Å². The van der Waals surface area contributed by atoms with Crippen molar-refractivity contribution in [2.75, 3.05) is 47.5 Å². The van der Waals surface area contributed by atoms with Crippen LogP contribution in [0.2, 0.25) is 0 Å². The van der Waals surface area contributed by atoms with E-state index in [2.05, 4.69) is 74.6 Å². The van der Waals surface area contributed by atoms with Gasteiger partial charge in [0.2, 0.25) is 0 Å². The van der Waals surface area contributed by atoms with Crippen LogP contribution in [0.3, 0.4) is 0 Å². The van der Waals surface area contributed by atoms with E-state index < -0.39 is 24.3 Å². The van der Waals surface area contributed by atoms with E-state index >= 15 is 0 Å². The van der Waals surface area contributed by atoms with Crippen molar-refractivity contribution in [1.82, 2.24) is 0 Å². The van der Waals surface area contributed by atoms with Gasteiger partial charge in [0.15, 0.2) is 12.4 Å². The molecule has 0 amide bonds. The number of esters is 2. The molecule has 0 saturated heterocycles. The highest BCUT2D eigenvalue weighted by molar-refractivity contribution is 5.70. The Kier molecular flexibility index (Phi) is 66.5. The normalized spacial score (nSPS) is 13.0. The molecular weight excluding hydrogens is 1080 g/mol. The fraction of sp³-hybridized carbons (Fsp3) is 0.833. The van der Waals surface area contributed by atoms with Crippen LogP contribution in [0.25, 0.3) is 0 Å². The molecule has 0 N–H and O–H groups in total. The maximum absolute atomic E-state index is 12.9. The predicted molar refractivity (Wildman–Crippen MR) is 371 cm³/mol. The van der Waals surface area contributed by atoms with Crippen LogP contribution in [0, 0.1) is 0 Å². The smallest absolute Gasteiger partial charge is 0.306 e. The van der Waals surface area contributed by atoms with Gasteiger partial charge in [0.05, 0.1) is 40.3 Å². The molecule has 0 aliphatic heterocycles. The van der Waals surface area contributed by atoms with Gasteiger partial charge in [-0.3, -0.25) is 9.59 Å². The molecular formula is C78H143NO8. The van der Waals surface area contributed by atoms with E-state index in [-0.39, 0.29) is 32.2 Å². The Morgan fingerprint density at radius 2 is 0.655 bits per heavy atom. The van der Waals surface area contributed by atoms with Gasteiger partial charge < -0.3 is 33.3 Å². The van der Waals surface area contributed by atoms with E-state index in [0.29, 0.717) is 17.4 Å². The first kappa shape index (κ1) is 84.0. The molecule has 0 aliphatic rings. The summed E-state index contributed by atoms with van der Waals surface area (Å²) in [6.45, 7) is 4.70. The highest BCUT2D eigenvalue weighted by Gasteiger charge is 2.22. The van der Waals surface area contributed by atoms with Gasteiger partial charge >= 0.3 is 11.9 Å². The first-order valence-corrected chi connectivity index (χ1v) is 37.4. The number of carbonyl (C=O) groups excluding carboxylic acids is 3. The first-order valence-electron chi connectivity index (χ1n) is 37.4. The molecule has 0 fully saturated rings. The summed E-state index contributed by atoms with van der Waals surface area (Å²) in [5.74, 6) is -2.25. The number of hydrogen-bond donors (Lipinski definition) is 0. The Morgan fingerprint density at radius 3 is 0.977 bits per heavy atom. The van der Waals surface area contributed by atoms with Crippen LogP contribution in [0.5, 0.6) is 0 Å². The van der Waals surface area contributed by atoms with Crippen molar-refractivity contribution in [1.29, 1.82) is 0 Å². The summed E-state index contributed by atoms with van der Waals surface area (Å²) in [5, 5.41) is 11.8. The molecule has 0 aromatic rings. The molecule has 0 heterocycles. The number of quaternary nitrogens is 1. The Morgan fingerprint density at radius 1 is 0.356 bits per heavy atom. The molecule has 0 saturated carbocycles. The molecule has 2 unspecified atom stereocenters. The summed E-state index contributed by atoms with van der Waals surface area (Å²) >= 11 is 0. The van der Waals surface area contributed by atoms with Crippen LogP contribution in [0.4, 0.5) is 0 Å². The average Bonchev–Trinajstić information content (AvgIpc) is 3.59. The summed E-state index contributed by atoms with van der Waals surface area (Å²) in [4.78, 5) is 37.5. The Bertz CT molecular complexity index is 1610. The summed E-state index contributed by atoms with van der Waals surface area (Å²) in [7, 11) is 5.95. The van der Waals surface area contributed by atoms with Crippen LogP contribution < -0.4 is 5.11 Å². The molecule has 9 heteroatoms. The Labute approximate surface area is 539 Å². The topological polar surface area (TPSA) is 111 Å². The molecule has 0 bridgehead atoms. The van der Waals surface area contributed by atoms with Crippen molar-refractivity contribution in [3.8, 4) is 0 Å². The molecule has 0 aliphatic carbocycles. The number of allylic oxidation sites excluding steroid dienone is 10. The second-order valence-corrected chi connectivity index (χ2v) is 26.6. The number of nitrogens with zero attached hydrogens (tertiary/aromatic N) is 1. The fourth-order valence-corrected chi connectivity index (χ4v) is 11.1. The van der Waals surface area contributed by atoms with E-state index in [1.54, 1.807) is 0 Å². The highest BCUT2D eigenvalue weighted by Crippen LogP contribution is 2.19. The van der Waals surface area contributed by atoms with E-state index in [1.165, 1.54) is 263 Å². The van der Waals surface area contributed by atoms with Crippen LogP contribution in [-0.4, -0.2) is 82.3 Å². The monoisotopic (exact) mass is 1220 g/mol. The molecule has 0 spiro atoms. The van der Waals surface area contributed by atoms with Gasteiger partial charge in [0.1, 0.15) is 13.2 Å². The van der Waals surface area contributed by atoms with E-state index in [4.69, 9.17) is 18.9 Å². The Balaban J connectivity index is 3.95. The van der Waals surface area contributed by atoms with Crippen molar-refractivity contribution < 1.29 is 42.9 Å². The maximum atomic E-state index is 12.9. The number of carboxylic acids is 1.